The quantitative estimate of drug-likeness (QED) is 0.657. The first-order valence-corrected chi connectivity index (χ1v) is 8.50. The van der Waals surface area contributed by atoms with E-state index in [2.05, 4.69) is 75.2 Å². The van der Waals surface area contributed by atoms with Gasteiger partial charge in [0, 0.05) is 25.0 Å². The molecule has 0 bridgehead atoms. The number of nitrogens with zero attached hydrogens (tertiary/aromatic N) is 1. The van der Waals surface area contributed by atoms with Crippen molar-refractivity contribution in [3.8, 4) is 0 Å². The average Bonchev–Trinajstić information content (AvgIpc) is 2.47. The van der Waals surface area contributed by atoms with Crippen molar-refractivity contribution in [1.29, 1.82) is 0 Å². The summed E-state index contributed by atoms with van der Waals surface area (Å²) < 4.78 is 0. The summed E-state index contributed by atoms with van der Waals surface area (Å²) in [5, 5.41) is 3.63. The molecule has 0 spiro atoms. The number of rotatable bonds is 10. The molecule has 0 heterocycles. The Morgan fingerprint density at radius 1 is 1.14 bits per heavy atom. The minimum Gasteiger partial charge on any atom is -0.316 e. The molecule has 0 saturated carbocycles. The smallest absolute Gasteiger partial charge is 0.0177 e. The highest BCUT2D eigenvalue weighted by molar-refractivity contribution is 5.25. The van der Waals surface area contributed by atoms with Crippen molar-refractivity contribution in [3.05, 3.63) is 35.9 Å². The molecule has 2 nitrogen and oxygen atoms in total. The van der Waals surface area contributed by atoms with Gasteiger partial charge in [0.2, 0.25) is 0 Å². The lowest BCUT2D eigenvalue weighted by Crippen LogP contribution is -2.46. The first-order chi connectivity index (χ1) is 10.0. The zero-order chi connectivity index (χ0) is 15.7. The van der Waals surface area contributed by atoms with E-state index in [-0.39, 0.29) is 5.41 Å². The molecule has 1 aromatic carbocycles. The van der Waals surface area contributed by atoms with Gasteiger partial charge >= 0.3 is 0 Å². The predicted molar refractivity (Wildman–Crippen MR) is 93.9 cm³/mol. The van der Waals surface area contributed by atoms with Crippen molar-refractivity contribution in [1.82, 2.24) is 10.2 Å². The molecule has 0 aliphatic heterocycles. The molecule has 1 unspecified atom stereocenters. The van der Waals surface area contributed by atoms with Crippen LogP contribution in [0.1, 0.15) is 46.6 Å². The average molecular weight is 290 g/mol. The van der Waals surface area contributed by atoms with Crippen LogP contribution in [0.2, 0.25) is 0 Å². The third-order valence-corrected chi connectivity index (χ3v) is 4.06. The second-order valence-corrected chi connectivity index (χ2v) is 6.83. The summed E-state index contributed by atoms with van der Waals surface area (Å²) in [5.41, 5.74) is 1.61. The highest BCUT2D eigenvalue weighted by Gasteiger charge is 2.28. The van der Waals surface area contributed by atoms with Crippen LogP contribution in [0.25, 0.3) is 0 Å². The second-order valence-electron chi connectivity index (χ2n) is 6.83. The molecule has 0 aromatic heterocycles. The van der Waals surface area contributed by atoms with Crippen LogP contribution in [0.3, 0.4) is 0 Å². The van der Waals surface area contributed by atoms with Gasteiger partial charge in [0.1, 0.15) is 0 Å². The summed E-state index contributed by atoms with van der Waals surface area (Å²) in [6.45, 7) is 17.0. The first-order valence-electron chi connectivity index (χ1n) is 8.50. The van der Waals surface area contributed by atoms with Crippen molar-refractivity contribution in [2.45, 2.75) is 46.5 Å². The Kier molecular flexibility index (Phi) is 7.98. The van der Waals surface area contributed by atoms with Gasteiger partial charge in [0.05, 0.1) is 0 Å². The van der Waals surface area contributed by atoms with Gasteiger partial charge in [0.25, 0.3) is 0 Å². The zero-order valence-electron chi connectivity index (χ0n) is 14.7. The molecular formula is C19H34N2. The normalized spacial score (nSPS) is 14.6. The largest absolute Gasteiger partial charge is 0.316 e. The Morgan fingerprint density at radius 3 is 2.33 bits per heavy atom. The molecule has 0 aliphatic rings. The van der Waals surface area contributed by atoms with Crippen LogP contribution >= 0.6 is 0 Å². The molecule has 21 heavy (non-hydrogen) atoms. The van der Waals surface area contributed by atoms with E-state index < -0.39 is 0 Å². The van der Waals surface area contributed by atoms with E-state index in [1.807, 2.05) is 0 Å². The van der Waals surface area contributed by atoms with E-state index in [0.717, 1.165) is 26.2 Å². The summed E-state index contributed by atoms with van der Waals surface area (Å²) in [4.78, 5) is 2.59. The van der Waals surface area contributed by atoms with E-state index in [1.165, 1.54) is 18.5 Å². The number of nitrogens with one attached hydrogen (secondary N) is 1. The summed E-state index contributed by atoms with van der Waals surface area (Å²) in [7, 11) is 0. The maximum Gasteiger partial charge on any atom is 0.0177 e. The lowest BCUT2D eigenvalue weighted by Gasteiger charge is -2.37. The summed E-state index contributed by atoms with van der Waals surface area (Å²) in [6, 6.07) is 11.0. The minimum absolute atomic E-state index is 0.168. The van der Waals surface area contributed by atoms with Crippen LogP contribution in [0.4, 0.5) is 0 Å². The van der Waals surface area contributed by atoms with Crippen LogP contribution in [-0.4, -0.2) is 37.6 Å². The lowest BCUT2D eigenvalue weighted by molar-refractivity contribution is 0.200. The molecular weight excluding hydrogens is 256 g/mol. The number of hydrogen-bond donors (Lipinski definition) is 1. The Bertz CT molecular complexity index is 374. The van der Waals surface area contributed by atoms with Gasteiger partial charge in [-0.05, 0) is 31.0 Å². The molecule has 1 atom stereocenters. The molecule has 120 valence electrons. The third-order valence-electron chi connectivity index (χ3n) is 4.06. The van der Waals surface area contributed by atoms with Crippen LogP contribution in [0.5, 0.6) is 0 Å². The third kappa shape index (κ3) is 6.19. The maximum atomic E-state index is 3.63. The molecule has 2 heteroatoms. The molecule has 1 N–H and O–H groups in total. The van der Waals surface area contributed by atoms with Gasteiger partial charge < -0.3 is 10.2 Å². The summed E-state index contributed by atoms with van der Waals surface area (Å²) in [6.07, 6.45) is 1.19. The molecule has 0 fully saturated rings. The monoisotopic (exact) mass is 290 g/mol. The Balaban J connectivity index is 2.85. The fraction of sp³-hybridized carbons (Fsp3) is 0.684. The first kappa shape index (κ1) is 18.2. The maximum absolute atomic E-state index is 3.63. The van der Waals surface area contributed by atoms with Gasteiger partial charge in [-0.15, -0.1) is 0 Å². The molecule has 0 amide bonds. The Morgan fingerprint density at radius 2 is 1.81 bits per heavy atom. The van der Waals surface area contributed by atoms with Crippen LogP contribution in [0, 0.1) is 5.92 Å². The van der Waals surface area contributed by atoms with Crippen LogP contribution < -0.4 is 5.32 Å². The molecule has 1 aromatic rings. The fourth-order valence-corrected chi connectivity index (χ4v) is 2.95. The number of hydrogen-bond acceptors (Lipinski definition) is 2. The topological polar surface area (TPSA) is 15.3 Å². The Hall–Kier alpha value is -0.860. The van der Waals surface area contributed by atoms with Crippen molar-refractivity contribution < 1.29 is 0 Å². The van der Waals surface area contributed by atoms with Gasteiger partial charge in [-0.25, -0.2) is 0 Å². The molecule has 0 radical (unpaired) electrons. The summed E-state index contributed by atoms with van der Waals surface area (Å²) in [5.74, 6) is 0.716. The zero-order valence-corrected chi connectivity index (χ0v) is 14.7. The van der Waals surface area contributed by atoms with Gasteiger partial charge in [-0.1, -0.05) is 65.0 Å². The molecule has 0 aliphatic carbocycles. The van der Waals surface area contributed by atoms with E-state index in [0.29, 0.717) is 5.92 Å². The van der Waals surface area contributed by atoms with Gasteiger partial charge in [-0.3, -0.25) is 0 Å². The lowest BCUT2D eigenvalue weighted by atomic mass is 9.81. The van der Waals surface area contributed by atoms with E-state index >= 15 is 0 Å². The minimum atomic E-state index is 0.168. The van der Waals surface area contributed by atoms with Gasteiger partial charge in [0.15, 0.2) is 0 Å². The molecule has 1 rings (SSSR count). The van der Waals surface area contributed by atoms with E-state index in [9.17, 15) is 0 Å². The van der Waals surface area contributed by atoms with E-state index in [4.69, 9.17) is 0 Å². The second kappa shape index (κ2) is 9.22. The summed E-state index contributed by atoms with van der Waals surface area (Å²) >= 11 is 0. The van der Waals surface area contributed by atoms with E-state index in [1.54, 1.807) is 0 Å². The number of likely N-dealkylation sites (N-methyl/N-ethyl adjacent to an activating group) is 1. The van der Waals surface area contributed by atoms with Crippen molar-refractivity contribution in [2.24, 2.45) is 5.92 Å². The van der Waals surface area contributed by atoms with Crippen LogP contribution in [-0.2, 0) is 5.41 Å². The van der Waals surface area contributed by atoms with Gasteiger partial charge in [-0.2, -0.15) is 0 Å². The highest BCUT2D eigenvalue weighted by atomic mass is 15.1. The molecule has 0 saturated heterocycles. The standard InChI is InChI=1S/C19H34N2/c1-6-13-20-15-19(5,18-11-9-8-10-12-18)16-21(7-2)14-17(3)4/h8-12,17,20H,6-7,13-16H2,1-5H3. The SMILES string of the molecule is CCCNCC(C)(CN(CC)CC(C)C)c1ccccc1. The van der Waals surface area contributed by atoms with Crippen LogP contribution in [0.15, 0.2) is 30.3 Å². The highest BCUT2D eigenvalue weighted by Crippen LogP contribution is 2.25. The fourth-order valence-electron chi connectivity index (χ4n) is 2.95. The van der Waals surface area contributed by atoms with Crippen molar-refractivity contribution in [3.63, 3.8) is 0 Å². The predicted octanol–water partition coefficient (Wildman–Crippen LogP) is 3.92. The van der Waals surface area contributed by atoms with Crippen molar-refractivity contribution >= 4 is 0 Å². The Labute approximate surface area is 131 Å². The number of benzene rings is 1. The van der Waals surface area contributed by atoms with Crippen molar-refractivity contribution in [2.75, 3.05) is 32.7 Å².